The van der Waals surface area contributed by atoms with Crippen LogP contribution in [0.1, 0.15) is 56.0 Å². The Balaban J connectivity index is 2.53. The minimum absolute atomic E-state index is 0.252. The maximum absolute atomic E-state index is 12.0. The summed E-state index contributed by atoms with van der Waals surface area (Å²) in [5, 5.41) is 2.65. The summed E-state index contributed by atoms with van der Waals surface area (Å²) >= 11 is 0. The summed E-state index contributed by atoms with van der Waals surface area (Å²) in [6, 6.07) is 6.88. The van der Waals surface area contributed by atoms with E-state index in [1.165, 1.54) is 5.56 Å². The van der Waals surface area contributed by atoms with Crippen LogP contribution in [0.2, 0.25) is 0 Å². The highest BCUT2D eigenvalue weighted by Gasteiger charge is 2.17. The number of nitrogens with one attached hydrogen (secondary N) is 1. The molecule has 0 saturated carbocycles. The van der Waals surface area contributed by atoms with E-state index >= 15 is 0 Å². The summed E-state index contributed by atoms with van der Waals surface area (Å²) in [7, 11) is 0. The smallest absolute Gasteiger partial charge is 0.328 e. The lowest BCUT2D eigenvalue weighted by Gasteiger charge is -2.13. The van der Waals surface area contributed by atoms with Gasteiger partial charge in [-0.15, -0.1) is 0 Å². The van der Waals surface area contributed by atoms with Crippen molar-refractivity contribution in [1.29, 1.82) is 0 Å². The summed E-state index contributed by atoms with van der Waals surface area (Å²) < 4.78 is 5.00. The number of carbonyl (C=O) groups is 2. The van der Waals surface area contributed by atoms with E-state index in [1.807, 2.05) is 19.1 Å². The van der Waals surface area contributed by atoms with E-state index in [4.69, 9.17) is 4.74 Å². The number of hydrogen-bond acceptors (Lipinski definition) is 3. The lowest BCUT2D eigenvalue weighted by molar-refractivity contribution is -0.145. The van der Waals surface area contributed by atoms with Crippen LogP contribution in [0.25, 0.3) is 0 Å². The second-order valence-electron chi connectivity index (χ2n) is 5.16. The lowest BCUT2D eigenvalue weighted by atomic mass is 10.1. The number of amides is 1. The van der Waals surface area contributed by atoms with Gasteiger partial charge in [-0.1, -0.05) is 32.4 Å². The monoisotopic (exact) mass is 291 g/mol. The first kappa shape index (κ1) is 17.2. The van der Waals surface area contributed by atoms with Gasteiger partial charge in [-0.3, -0.25) is 4.79 Å². The van der Waals surface area contributed by atoms with Crippen molar-refractivity contribution in [2.45, 2.75) is 52.5 Å². The normalized spacial score (nSPS) is 11.8. The van der Waals surface area contributed by atoms with Gasteiger partial charge in [-0.2, -0.15) is 0 Å². The summed E-state index contributed by atoms with van der Waals surface area (Å²) in [5.74, 6) is -0.650. The second kappa shape index (κ2) is 9.16. The first-order valence-electron chi connectivity index (χ1n) is 7.64. The van der Waals surface area contributed by atoms with Crippen molar-refractivity contribution in [3.63, 3.8) is 0 Å². The number of ether oxygens (including phenoxy) is 1. The van der Waals surface area contributed by atoms with Crippen molar-refractivity contribution in [2.75, 3.05) is 6.61 Å². The van der Waals surface area contributed by atoms with Crippen LogP contribution in [0.15, 0.2) is 24.3 Å². The Bertz CT molecular complexity index is 454. The van der Waals surface area contributed by atoms with Crippen LogP contribution in [0, 0.1) is 0 Å². The first-order valence-corrected chi connectivity index (χ1v) is 7.64. The molecule has 4 heteroatoms. The van der Waals surface area contributed by atoms with E-state index in [0.717, 1.165) is 25.7 Å². The highest BCUT2D eigenvalue weighted by Crippen LogP contribution is 2.08. The fourth-order valence-electron chi connectivity index (χ4n) is 1.87. The summed E-state index contributed by atoms with van der Waals surface area (Å²) in [6.45, 7) is 6.09. The standard InChI is InChI=1S/C17H25NO3/c1-4-6-7-14-8-10-15(11-9-14)16(19)18-13(3)17(20)21-12-5-2/h8-11,13H,4-7,12H2,1-3H3,(H,18,19). The highest BCUT2D eigenvalue weighted by molar-refractivity contribution is 5.96. The Labute approximate surface area is 126 Å². The molecular formula is C17H25NO3. The Morgan fingerprint density at radius 1 is 1.14 bits per heavy atom. The van der Waals surface area contributed by atoms with Gasteiger partial charge in [-0.25, -0.2) is 4.79 Å². The minimum atomic E-state index is -0.635. The van der Waals surface area contributed by atoms with E-state index in [1.54, 1.807) is 19.1 Å². The molecule has 0 spiro atoms. The van der Waals surface area contributed by atoms with Gasteiger partial charge in [-0.05, 0) is 43.9 Å². The second-order valence-corrected chi connectivity index (χ2v) is 5.16. The molecule has 0 radical (unpaired) electrons. The van der Waals surface area contributed by atoms with Gasteiger partial charge in [0.1, 0.15) is 6.04 Å². The number of carbonyl (C=O) groups excluding carboxylic acids is 2. The Kier molecular flexibility index (Phi) is 7.51. The quantitative estimate of drug-likeness (QED) is 0.749. The Morgan fingerprint density at radius 2 is 1.81 bits per heavy atom. The Morgan fingerprint density at radius 3 is 2.38 bits per heavy atom. The van der Waals surface area contributed by atoms with E-state index in [0.29, 0.717) is 12.2 Å². The van der Waals surface area contributed by atoms with E-state index in [-0.39, 0.29) is 5.91 Å². The van der Waals surface area contributed by atoms with Crippen molar-refractivity contribution < 1.29 is 14.3 Å². The largest absolute Gasteiger partial charge is 0.464 e. The molecule has 0 bridgehead atoms. The molecule has 0 heterocycles. The molecule has 0 aliphatic carbocycles. The number of esters is 1. The van der Waals surface area contributed by atoms with Crippen molar-refractivity contribution in [3.05, 3.63) is 35.4 Å². The average Bonchev–Trinajstić information content (AvgIpc) is 2.50. The number of rotatable bonds is 8. The zero-order valence-corrected chi connectivity index (χ0v) is 13.1. The van der Waals surface area contributed by atoms with Crippen molar-refractivity contribution >= 4 is 11.9 Å². The van der Waals surface area contributed by atoms with Crippen LogP contribution in [-0.4, -0.2) is 24.5 Å². The predicted molar refractivity (Wildman–Crippen MR) is 83.2 cm³/mol. The number of aryl methyl sites for hydroxylation is 1. The van der Waals surface area contributed by atoms with E-state index < -0.39 is 12.0 Å². The molecule has 0 saturated heterocycles. The van der Waals surface area contributed by atoms with Crippen LogP contribution in [0.5, 0.6) is 0 Å². The van der Waals surface area contributed by atoms with Crippen molar-refractivity contribution in [1.82, 2.24) is 5.32 Å². The molecule has 1 aromatic rings. The molecule has 0 fully saturated rings. The SMILES string of the molecule is CCCCc1ccc(C(=O)NC(C)C(=O)OCCC)cc1. The summed E-state index contributed by atoms with van der Waals surface area (Å²) in [5.41, 5.74) is 1.79. The van der Waals surface area contributed by atoms with Gasteiger partial charge >= 0.3 is 5.97 Å². The number of unbranched alkanes of at least 4 members (excludes halogenated alkanes) is 1. The zero-order chi connectivity index (χ0) is 15.7. The van der Waals surface area contributed by atoms with Gasteiger partial charge < -0.3 is 10.1 Å². The average molecular weight is 291 g/mol. The van der Waals surface area contributed by atoms with Crippen molar-refractivity contribution in [3.8, 4) is 0 Å². The van der Waals surface area contributed by atoms with Crippen LogP contribution in [-0.2, 0) is 16.0 Å². The van der Waals surface area contributed by atoms with Gasteiger partial charge in [0.15, 0.2) is 0 Å². The third-order valence-electron chi connectivity index (χ3n) is 3.18. The molecule has 1 rings (SSSR count). The fraction of sp³-hybridized carbons (Fsp3) is 0.529. The molecule has 116 valence electrons. The predicted octanol–water partition coefficient (Wildman–Crippen LogP) is 3.10. The minimum Gasteiger partial charge on any atom is -0.464 e. The fourth-order valence-corrected chi connectivity index (χ4v) is 1.87. The number of hydrogen-bond donors (Lipinski definition) is 1. The third-order valence-corrected chi connectivity index (χ3v) is 3.18. The lowest BCUT2D eigenvalue weighted by Crippen LogP contribution is -2.39. The summed E-state index contributed by atoms with van der Waals surface area (Å²) in [6.07, 6.45) is 4.09. The molecule has 1 amide bonds. The zero-order valence-electron chi connectivity index (χ0n) is 13.1. The molecule has 21 heavy (non-hydrogen) atoms. The van der Waals surface area contributed by atoms with Gasteiger partial charge in [0.2, 0.25) is 0 Å². The molecule has 1 unspecified atom stereocenters. The topological polar surface area (TPSA) is 55.4 Å². The van der Waals surface area contributed by atoms with Crippen LogP contribution in [0.4, 0.5) is 0 Å². The molecule has 4 nitrogen and oxygen atoms in total. The molecule has 1 atom stereocenters. The molecule has 1 N–H and O–H groups in total. The van der Waals surface area contributed by atoms with E-state index in [9.17, 15) is 9.59 Å². The van der Waals surface area contributed by atoms with Gasteiger partial charge in [0.25, 0.3) is 5.91 Å². The van der Waals surface area contributed by atoms with Crippen molar-refractivity contribution in [2.24, 2.45) is 0 Å². The van der Waals surface area contributed by atoms with Crippen LogP contribution in [0.3, 0.4) is 0 Å². The maximum atomic E-state index is 12.0. The van der Waals surface area contributed by atoms with Crippen LogP contribution < -0.4 is 5.32 Å². The highest BCUT2D eigenvalue weighted by atomic mass is 16.5. The molecule has 1 aromatic carbocycles. The van der Waals surface area contributed by atoms with Gasteiger partial charge in [0.05, 0.1) is 6.61 Å². The van der Waals surface area contributed by atoms with E-state index in [2.05, 4.69) is 12.2 Å². The molecule has 0 aromatic heterocycles. The van der Waals surface area contributed by atoms with Crippen LogP contribution >= 0.6 is 0 Å². The summed E-state index contributed by atoms with van der Waals surface area (Å²) in [4.78, 5) is 23.6. The molecular weight excluding hydrogens is 266 g/mol. The Hall–Kier alpha value is -1.84. The maximum Gasteiger partial charge on any atom is 0.328 e. The molecule has 0 aliphatic heterocycles. The van der Waals surface area contributed by atoms with Gasteiger partial charge in [0, 0.05) is 5.56 Å². The number of benzene rings is 1. The first-order chi connectivity index (χ1) is 10.1. The molecule has 0 aliphatic rings. The third kappa shape index (κ3) is 5.98.